The highest BCUT2D eigenvalue weighted by molar-refractivity contribution is 5.97. The summed E-state index contributed by atoms with van der Waals surface area (Å²) < 4.78 is 6.75. The zero-order chi connectivity index (χ0) is 16.4. The SMILES string of the molecule is O=C(c1ccccc1)n1nccc1-c1cc(-c2ccccc2)no1. The van der Waals surface area contributed by atoms with Crippen LogP contribution in [-0.2, 0) is 0 Å². The van der Waals surface area contributed by atoms with Crippen molar-refractivity contribution < 1.29 is 9.32 Å². The summed E-state index contributed by atoms with van der Waals surface area (Å²) in [5.41, 5.74) is 2.79. The van der Waals surface area contributed by atoms with Gasteiger partial charge in [0.15, 0.2) is 5.76 Å². The number of carbonyl (C=O) groups is 1. The van der Waals surface area contributed by atoms with E-state index in [1.165, 1.54) is 4.68 Å². The molecule has 0 saturated heterocycles. The summed E-state index contributed by atoms with van der Waals surface area (Å²) in [6.07, 6.45) is 1.57. The first-order chi connectivity index (χ1) is 11.8. The minimum absolute atomic E-state index is 0.215. The second-order valence-corrected chi connectivity index (χ2v) is 5.24. The predicted molar refractivity (Wildman–Crippen MR) is 89.3 cm³/mol. The van der Waals surface area contributed by atoms with Gasteiger partial charge in [-0.05, 0) is 18.2 Å². The summed E-state index contributed by atoms with van der Waals surface area (Å²) in [5, 5.41) is 8.22. The lowest BCUT2D eigenvalue weighted by atomic mass is 10.1. The van der Waals surface area contributed by atoms with Crippen LogP contribution in [0.3, 0.4) is 0 Å². The van der Waals surface area contributed by atoms with Crippen LogP contribution in [0.25, 0.3) is 22.7 Å². The Hall–Kier alpha value is -3.47. The molecule has 4 aromatic rings. The molecule has 2 aromatic carbocycles. The van der Waals surface area contributed by atoms with Crippen molar-refractivity contribution >= 4 is 5.91 Å². The molecule has 4 rings (SSSR count). The molecule has 0 spiro atoms. The number of hydrogen-bond acceptors (Lipinski definition) is 4. The highest BCUT2D eigenvalue weighted by Gasteiger charge is 2.18. The van der Waals surface area contributed by atoms with Gasteiger partial charge < -0.3 is 4.52 Å². The van der Waals surface area contributed by atoms with Gasteiger partial charge >= 0.3 is 0 Å². The van der Waals surface area contributed by atoms with Crippen LogP contribution in [0.5, 0.6) is 0 Å². The molecule has 0 aliphatic heterocycles. The van der Waals surface area contributed by atoms with E-state index in [1.54, 1.807) is 30.5 Å². The first kappa shape index (κ1) is 14.1. The molecule has 0 bridgehead atoms. The van der Waals surface area contributed by atoms with Crippen molar-refractivity contribution in [3.05, 3.63) is 84.6 Å². The molecule has 0 atom stereocenters. The van der Waals surface area contributed by atoms with E-state index >= 15 is 0 Å². The van der Waals surface area contributed by atoms with E-state index in [-0.39, 0.29) is 5.91 Å². The molecular formula is C19H13N3O2. The Labute approximate surface area is 138 Å². The van der Waals surface area contributed by atoms with E-state index in [1.807, 2.05) is 48.5 Å². The summed E-state index contributed by atoms with van der Waals surface area (Å²) in [7, 11) is 0. The Balaban J connectivity index is 1.71. The van der Waals surface area contributed by atoms with Gasteiger partial charge in [0, 0.05) is 17.2 Å². The highest BCUT2D eigenvalue weighted by atomic mass is 16.5. The third-order valence-electron chi connectivity index (χ3n) is 3.69. The molecule has 0 fully saturated rings. The Morgan fingerprint density at radius 3 is 2.38 bits per heavy atom. The van der Waals surface area contributed by atoms with Crippen molar-refractivity contribution in [3.8, 4) is 22.7 Å². The van der Waals surface area contributed by atoms with Gasteiger partial charge in [-0.1, -0.05) is 53.7 Å². The fourth-order valence-electron chi connectivity index (χ4n) is 2.50. The second-order valence-electron chi connectivity index (χ2n) is 5.24. The monoisotopic (exact) mass is 315 g/mol. The van der Waals surface area contributed by atoms with Crippen molar-refractivity contribution in [1.29, 1.82) is 0 Å². The molecule has 2 heterocycles. The standard InChI is InChI=1S/C19H13N3O2/c23-19(15-9-5-2-6-10-15)22-17(11-12-20-22)18-13-16(21-24-18)14-7-3-1-4-8-14/h1-13H. The molecule has 0 N–H and O–H groups in total. The van der Waals surface area contributed by atoms with Crippen LogP contribution in [0, 0.1) is 0 Å². The number of rotatable bonds is 3. The second kappa shape index (κ2) is 5.96. The van der Waals surface area contributed by atoms with Crippen molar-refractivity contribution in [2.24, 2.45) is 0 Å². The van der Waals surface area contributed by atoms with Crippen LogP contribution < -0.4 is 0 Å². The topological polar surface area (TPSA) is 60.9 Å². The average molecular weight is 315 g/mol. The first-order valence-electron chi connectivity index (χ1n) is 7.49. The van der Waals surface area contributed by atoms with Gasteiger partial charge in [0.2, 0.25) is 0 Å². The van der Waals surface area contributed by atoms with Crippen molar-refractivity contribution in [3.63, 3.8) is 0 Å². The Morgan fingerprint density at radius 2 is 1.62 bits per heavy atom. The lowest BCUT2D eigenvalue weighted by Gasteiger charge is -2.03. The Kier molecular flexibility index (Phi) is 3.51. The van der Waals surface area contributed by atoms with Crippen molar-refractivity contribution in [2.45, 2.75) is 0 Å². The zero-order valence-corrected chi connectivity index (χ0v) is 12.7. The van der Waals surface area contributed by atoms with Crippen LogP contribution in [0.1, 0.15) is 10.4 Å². The average Bonchev–Trinajstić information content (AvgIpc) is 3.32. The van der Waals surface area contributed by atoms with Crippen LogP contribution in [0.2, 0.25) is 0 Å². The van der Waals surface area contributed by atoms with E-state index < -0.39 is 0 Å². The third kappa shape index (κ3) is 2.52. The van der Waals surface area contributed by atoms with Gasteiger partial charge in [0.05, 0.1) is 6.20 Å². The molecule has 0 saturated carbocycles. The van der Waals surface area contributed by atoms with Crippen LogP contribution in [0.4, 0.5) is 0 Å². The highest BCUT2D eigenvalue weighted by Crippen LogP contribution is 2.26. The summed E-state index contributed by atoms with van der Waals surface area (Å²) in [5.74, 6) is 0.281. The molecule has 0 radical (unpaired) electrons. The Morgan fingerprint density at radius 1 is 0.917 bits per heavy atom. The predicted octanol–water partition coefficient (Wildman–Crippen LogP) is 3.89. The number of hydrogen-bond donors (Lipinski definition) is 0. The van der Waals surface area contributed by atoms with Crippen LogP contribution in [0.15, 0.2) is 83.5 Å². The largest absolute Gasteiger partial charge is 0.354 e. The number of benzene rings is 2. The summed E-state index contributed by atoms with van der Waals surface area (Å²) in [6.45, 7) is 0. The molecule has 116 valence electrons. The molecule has 0 aliphatic carbocycles. The molecule has 24 heavy (non-hydrogen) atoms. The van der Waals surface area contributed by atoms with E-state index in [2.05, 4.69) is 10.3 Å². The van der Waals surface area contributed by atoms with E-state index in [0.717, 1.165) is 5.56 Å². The Bertz CT molecular complexity index is 972. The molecule has 5 nitrogen and oxygen atoms in total. The molecule has 2 aromatic heterocycles. The van der Waals surface area contributed by atoms with Gasteiger partial charge in [-0.3, -0.25) is 4.79 Å². The molecular weight excluding hydrogens is 302 g/mol. The molecule has 0 unspecified atom stereocenters. The van der Waals surface area contributed by atoms with E-state index in [4.69, 9.17) is 4.52 Å². The smallest absolute Gasteiger partial charge is 0.278 e. The fourth-order valence-corrected chi connectivity index (χ4v) is 2.50. The lowest BCUT2D eigenvalue weighted by Crippen LogP contribution is -2.14. The summed E-state index contributed by atoms with van der Waals surface area (Å²) in [4.78, 5) is 12.6. The van der Waals surface area contributed by atoms with Gasteiger partial charge in [0.25, 0.3) is 5.91 Å². The first-order valence-corrected chi connectivity index (χ1v) is 7.49. The normalized spacial score (nSPS) is 10.7. The minimum Gasteiger partial charge on any atom is -0.354 e. The third-order valence-corrected chi connectivity index (χ3v) is 3.69. The maximum Gasteiger partial charge on any atom is 0.278 e. The van der Waals surface area contributed by atoms with E-state index in [9.17, 15) is 4.79 Å². The van der Waals surface area contributed by atoms with Gasteiger partial charge in [-0.2, -0.15) is 9.78 Å². The maximum absolute atomic E-state index is 12.6. The summed E-state index contributed by atoms with van der Waals surface area (Å²) in [6, 6.07) is 22.3. The number of nitrogens with zero attached hydrogens (tertiary/aromatic N) is 3. The number of carbonyl (C=O) groups excluding carboxylic acids is 1. The molecule has 0 aliphatic rings. The lowest BCUT2D eigenvalue weighted by molar-refractivity contribution is 0.0946. The van der Waals surface area contributed by atoms with Crippen LogP contribution >= 0.6 is 0 Å². The van der Waals surface area contributed by atoms with Gasteiger partial charge in [-0.15, -0.1) is 0 Å². The van der Waals surface area contributed by atoms with Gasteiger partial charge in [0.1, 0.15) is 11.4 Å². The van der Waals surface area contributed by atoms with Crippen molar-refractivity contribution in [2.75, 3.05) is 0 Å². The maximum atomic E-state index is 12.6. The molecule has 5 heteroatoms. The van der Waals surface area contributed by atoms with Crippen LogP contribution in [-0.4, -0.2) is 20.8 Å². The molecule has 0 amide bonds. The van der Waals surface area contributed by atoms with E-state index in [0.29, 0.717) is 22.7 Å². The van der Waals surface area contributed by atoms with Crippen molar-refractivity contribution in [1.82, 2.24) is 14.9 Å². The quantitative estimate of drug-likeness (QED) is 0.575. The summed E-state index contributed by atoms with van der Waals surface area (Å²) >= 11 is 0. The fraction of sp³-hybridized carbons (Fsp3) is 0. The zero-order valence-electron chi connectivity index (χ0n) is 12.7. The van der Waals surface area contributed by atoms with Gasteiger partial charge in [-0.25, -0.2) is 0 Å². The minimum atomic E-state index is -0.215. The number of aromatic nitrogens is 3.